The summed E-state index contributed by atoms with van der Waals surface area (Å²) in [6.45, 7) is 5.18. The molecule has 130 valence electrons. The van der Waals surface area contributed by atoms with E-state index in [1.807, 2.05) is 49.4 Å². The van der Waals surface area contributed by atoms with Gasteiger partial charge in [-0.15, -0.1) is 0 Å². The van der Waals surface area contributed by atoms with Crippen LogP contribution in [0.2, 0.25) is 0 Å². The molecule has 0 spiro atoms. The number of halogens is 1. The topological polar surface area (TPSA) is 35.5 Å². The van der Waals surface area contributed by atoms with Gasteiger partial charge in [0.05, 0.1) is 22.6 Å². The smallest absolute Gasteiger partial charge is 0.200 e. The minimum Gasteiger partial charge on any atom is -0.490 e. The summed E-state index contributed by atoms with van der Waals surface area (Å²) in [7, 11) is 0. The van der Waals surface area contributed by atoms with Crippen molar-refractivity contribution >= 4 is 39.6 Å². The van der Waals surface area contributed by atoms with E-state index in [0.717, 1.165) is 31.8 Å². The fraction of sp³-hybridized carbons (Fsp3) is 0.250. The van der Waals surface area contributed by atoms with Crippen molar-refractivity contribution in [3.63, 3.8) is 0 Å². The number of thioether (sulfide) groups is 1. The Morgan fingerprint density at radius 1 is 1.16 bits per heavy atom. The summed E-state index contributed by atoms with van der Waals surface area (Å²) in [5.41, 5.74) is 1.67. The van der Waals surface area contributed by atoms with Crippen molar-refractivity contribution in [1.29, 1.82) is 0 Å². The van der Waals surface area contributed by atoms with Crippen LogP contribution in [0.15, 0.2) is 50.7 Å². The first kappa shape index (κ1) is 18.1. The molecule has 0 N–H and O–H groups in total. The van der Waals surface area contributed by atoms with Crippen LogP contribution >= 0.6 is 27.7 Å². The minimum absolute atomic E-state index is 0.0704. The normalized spacial score (nSPS) is 14.7. The molecule has 0 unspecified atom stereocenters. The van der Waals surface area contributed by atoms with Crippen LogP contribution < -0.4 is 9.47 Å². The highest BCUT2D eigenvalue weighted by atomic mass is 79.9. The van der Waals surface area contributed by atoms with E-state index in [1.54, 1.807) is 0 Å². The molecule has 3 nitrogen and oxygen atoms in total. The average Bonchev–Trinajstić information content (AvgIpc) is 2.91. The number of Topliss-reactive ketones (excluding diaryl/α,β-unsaturated/α-hetero) is 1. The largest absolute Gasteiger partial charge is 0.490 e. The summed E-state index contributed by atoms with van der Waals surface area (Å²) >= 11 is 5.07. The number of hydrogen-bond acceptors (Lipinski definition) is 4. The summed E-state index contributed by atoms with van der Waals surface area (Å²) in [5.74, 6) is 1.46. The van der Waals surface area contributed by atoms with Crippen LogP contribution in [0.25, 0.3) is 6.08 Å². The second kappa shape index (κ2) is 8.11. The molecule has 1 heterocycles. The average molecular weight is 419 g/mol. The molecule has 2 aromatic rings. The zero-order chi connectivity index (χ0) is 17.8. The van der Waals surface area contributed by atoms with Gasteiger partial charge in [0.25, 0.3) is 0 Å². The number of carbonyl (C=O) groups excluding carboxylic acids is 1. The van der Waals surface area contributed by atoms with Crippen LogP contribution in [0.4, 0.5) is 0 Å². The second-order valence-corrected chi connectivity index (χ2v) is 7.49. The molecule has 3 rings (SSSR count). The Morgan fingerprint density at radius 3 is 2.68 bits per heavy atom. The van der Waals surface area contributed by atoms with Gasteiger partial charge in [0.15, 0.2) is 11.5 Å². The lowest BCUT2D eigenvalue weighted by Crippen LogP contribution is -2.01. The maximum Gasteiger partial charge on any atom is 0.200 e. The number of hydrogen-bond donors (Lipinski definition) is 0. The Morgan fingerprint density at radius 2 is 1.96 bits per heavy atom. The molecule has 0 atom stereocenters. The van der Waals surface area contributed by atoms with Gasteiger partial charge < -0.3 is 9.47 Å². The molecule has 0 bridgehead atoms. The molecule has 0 saturated carbocycles. The number of rotatable bonds is 6. The van der Waals surface area contributed by atoms with Gasteiger partial charge in [-0.3, -0.25) is 4.79 Å². The Balaban J connectivity index is 1.94. The molecule has 1 aliphatic rings. The summed E-state index contributed by atoms with van der Waals surface area (Å²) in [6, 6.07) is 11.6. The third-order valence-corrected chi connectivity index (χ3v) is 5.34. The fourth-order valence-electron chi connectivity index (χ4n) is 2.57. The molecular weight excluding hydrogens is 400 g/mol. The van der Waals surface area contributed by atoms with Crippen molar-refractivity contribution in [2.75, 3.05) is 13.2 Å². The highest BCUT2D eigenvalue weighted by molar-refractivity contribution is 9.10. The monoisotopic (exact) mass is 418 g/mol. The number of allylic oxidation sites excluding steroid dienone is 1. The first-order valence-corrected chi connectivity index (χ1v) is 9.87. The lowest BCUT2D eigenvalue weighted by Gasteiger charge is -2.14. The quantitative estimate of drug-likeness (QED) is 0.541. The zero-order valence-corrected chi connectivity index (χ0v) is 16.6. The number of ketones is 1. The molecule has 25 heavy (non-hydrogen) atoms. The predicted molar refractivity (Wildman–Crippen MR) is 106 cm³/mol. The Bertz CT molecular complexity index is 830. The van der Waals surface area contributed by atoms with E-state index in [2.05, 4.69) is 22.9 Å². The van der Waals surface area contributed by atoms with Crippen LogP contribution in [0.3, 0.4) is 0 Å². The molecule has 0 fully saturated rings. The van der Waals surface area contributed by atoms with Crippen molar-refractivity contribution in [3.05, 3.63) is 56.9 Å². The zero-order valence-electron chi connectivity index (χ0n) is 14.2. The summed E-state index contributed by atoms with van der Waals surface area (Å²) in [4.78, 5) is 14.3. The number of carbonyl (C=O) groups is 1. The Kier molecular flexibility index (Phi) is 5.86. The third kappa shape index (κ3) is 3.93. The van der Waals surface area contributed by atoms with Gasteiger partial charge in [-0.25, -0.2) is 0 Å². The van der Waals surface area contributed by atoms with Gasteiger partial charge in [0.2, 0.25) is 5.78 Å². The summed E-state index contributed by atoms with van der Waals surface area (Å²) < 4.78 is 12.4. The van der Waals surface area contributed by atoms with Gasteiger partial charge in [-0.05, 0) is 65.2 Å². The lowest BCUT2D eigenvalue weighted by atomic mass is 10.1. The van der Waals surface area contributed by atoms with E-state index >= 15 is 0 Å². The minimum atomic E-state index is 0.0704. The van der Waals surface area contributed by atoms with E-state index < -0.39 is 0 Å². The maximum atomic E-state index is 12.5. The highest BCUT2D eigenvalue weighted by Crippen LogP contribution is 2.42. The number of ether oxygens (including phenoxy) is 2. The van der Waals surface area contributed by atoms with Crippen molar-refractivity contribution in [2.24, 2.45) is 0 Å². The van der Waals surface area contributed by atoms with Crippen molar-refractivity contribution in [1.82, 2.24) is 0 Å². The molecule has 1 aliphatic heterocycles. The van der Waals surface area contributed by atoms with E-state index in [9.17, 15) is 4.79 Å². The highest BCUT2D eigenvalue weighted by Gasteiger charge is 2.25. The molecular formula is C20H19BrO3S. The van der Waals surface area contributed by atoms with E-state index in [1.165, 1.54) is 11.8 Å². The first-order valence-electron chi connectivity index (χ1n) is 8.26. The third-order valence-electron chi connectivity index (χ3n) is 3.66. The van der Waals surface area contributed by atoms with Crippen LogP contribution in [-0.2, 0) is 0 Å². The SMILES string of the molecule is CCCOc1c(Br)cc(/C=C2/Sc3ccccc3C2=O)cc1OCC. The van der Waals surface area contributed by atoms with Crippen molar-refractivity contribution in [2.45, 2.75) is 25.2 Å². The second-order valence-electron chi connectivity index (χ2n) is 5.55. The van der Waals surface area contributed by atoms with Gasteiger partial charge in [-0.1, -0.05) is 30.8 Å². The van der Waals surface area contributed by atoms with Gasteiger partial charge in [0, 0.05) is 10.5 Å². The number of fused-ring (bicyclic) bond motifs is 1. The molecule has 0 radical (unpaired) electrons. The van der Waals surface area contributed by atoms with Crippen LogP contribution in [0, 0.1) is 0 Å². The standard InChI is InChI=1S/C20H19BrO3S/c1-3-9-24-20-15(21)10-13(11-16(20)23-4-2)12-18-19(22)14-7-5-6-8-17(14)25-18/h5-8,10-12H,3-4,9H2,1-2H3/b18-12+. The maximum absolute atomic E-state index is 12.5. The lowest BCUT2D eigenvalue weighted by molar-refractivity contribution is 0.104. The summed E-state index contributed by atoms with van der Waals surface area (Å²) in [6.07, 6.45) is 2.83. The molecule has 0 amide bonds. The molecule has 0 saturated heterocycles. The van der Waals surface area contributed by atoms with Crippen LogP contribution in [0.1, 0.15) is 36.2 Å². The van der Waals surface area contributed by atoms with Crippen molar-refractivity contribution in [3.8, 4) is 11.5 Å². The summed E-state index contributed by atoms with van der Waals surface area (Å²) in [5, 5.41) is 0. The first-order chi connectivity index (χ1) is 12.1. The van der Waals surface area contributed by atoms with Crippen molar-refractivity contribution < 1.29 is 14.3 Å². The van der Waals surface area contributed by atoms with Crippen LogP contribution in [0.5, 0.6) is 11.5 Å². The molecule has 0 aliphatic carbocycles. The molecule has 0 aromatic heterocycles. The Labute approximate surface area is 160 Å². The molecule has 5 heteroatoms. The number of benzene rings is 2. The van der Waals surface area contributed by atoms with E-state index in [4.69, 9.17) is 9.47 Å². The van der Waals surface area contributed by atoms with Gasteiger partial charge in [0.1, 0.15) is 0 Å². The fourth-order valence-corrected chi connectivity index (χ4v) is 4.19. The van der Waals surface area contributed by atoms with E-state index in [0.29, 0.717) is 24.7 Å². The molecule has 2 aromatic carbocycles. The van der Waals surface area contributed by atoms with Crippen LogP contribution in [-0.4, -0.2) is 19.0 Å². The van der Waals surface area contributed by atoms with Gasteiger partial charge >= 0.3 is 0 Å². The Hall–Kier alpha value is -1.72. The van der Waals surface area contributed by atoms with E-state index in [-0.39, 0.29) is 5.78 Å². The van der Waals surface area contributed by atoms with Gasteiger partial charge in [-0.2, -0.15) is 0 Å². The predicted octanol–water partition coefficient (Wildman–Crippen LogP) is 5.97.